The monoisotopic (exact) mass is 311 g/mol. The highest BCUT2D eigenvalue weighted by Crippen LogP contribution is 2.27. The van der Waals surface area contributed by atoms with Crippen LogP contribution >= 0.6 is 23.2 Å². The SMILES string of the molecule is O=C(CC(O)c1cccnc1)Oc1ccc(Cl)c(Cl)c1. The molecule has 2 aromatic rings. The van der Waals surface area contributed by atoms with Gasteiger partial charge in [0.1, 0.15) is 5.75 Å². The van der Waals surface area contributed by atoms with E-state index in [1.807, 2.05) is 0 Å². The van der Waals surface area contributed by atoms with Crippen LogP contribution in [0, 0.1) is 0 Å². The maximum atomic E-state index is 11.7. The van der Waals surface area contributed by atoms with Gasteiger partial charge in [-0.05, 0) is 23.8 Å². The molecule has 0 saturated heterocycles. The number of carbonyl (C=O) groups excluding carboxylic acids is 1. The summed E-state index contributed by atoms with van der Waals surface area (Å²) in [5.41, 5.74) is 0.554. The highest BCUT2D eigenvalue weighted by molar-refractivity contribution is 6.42. The molecule has 1 N–H and O–H groups in total. The second-order valence-corrected chi connectivity index (χ2v) is 4.87. The molecule has 0 amide bonds. The number of aromatic nitrogens is 1. The van der Waals surface area contributed by atoms with E-state index >= 15 is 0 Å². The van der Waals surface area contributed by atoms with Crippen LogP contribution in [0.5, 0.6) is 5.75 Å². The van der Waals surface area contributed by atoms with Crippen LogP contribution in [-0.4, -0.2) is 16.1 Å². The highest BCUT2D eigenvalue weighted by Gasteiger charge is 2.15. The first-order valence-corrected chi connectivity index (χ1v) is 6.55. The topological polar surface area (TPSA) is 59.4 Å². The number of hydrogen-bond donors (Lipinski definition) is 1. The summed E-state index contributed by atoms with van der Waals surface area (Å²) in [6.45, 7) is 0. The summed E-state index contributed by atoms with van der Waals surface area (Å²) in [6.07, 6.45) is 1.95. The molecule has 1 heterocycles. The van der Waals surface area contributed by atoms with Crippen LogP contribution in [0.1, 0.15) is 18.1 Å². The zero-order chi connectivity index (χ0) is 14.5. The van der Waals surface area contributed by atoms with Crippen LogP contribution in [0.3, 0.4) is 0 Å². The fraction of sp³-hybridized carbons (Fsp3) is 0.143. The Balaban J connectivity index is 1.97. The lowest BCUT2D eigenvalue weighted by atomic mass is 10.1. The second-order valence-electron chi connectivity index (χ2n) is 4.06. The zero-order valence-electron chi connectivity index (χ0n) is 10.3. The molecule has 6 heteroatoms. The second kappa shape index (κ2) is 6.70. The molecule has 1 aromatic heterocycles. The number of benzene rings is 1. The van der Waals surface area contributed by atoms with Crippen molar-refractivity contribution in [1.29, 1.82) is 0 Å². The van der Waals surface area contributed by atoms with Crippen molar-refractivity contribution in [3.05, 3.63) is 58.3 Å². The Hall–Kier alpha value is -1.62. The molecule has 1 aromatic carbocycles. The highest BCUT2D eigenvalue weighted by atomic mass is 35.5. The standard InChI is InChI=1S/C14H11Cl2NO3/c15-11-4-3-10(6-12(11)16)20-14(19)7-13(18)9-2-1-5-17-8-9/h1-6,8,13,18H,7H2. The number of aliphatic hydroxyl groups excluding tert-OH is 1. The predicted octanol–water partition coefficient (Wildman–Crippen LogP) is 3.42. The summed E-state index contributed by atoms with van der Waals surface area (Å²) in [5, 5.41) is 10.6. The molecule has 2 rings (SSSR count). The van der Waals surface area contributed by atoms with E-state index in [9.17, 15) is 9.90 Å². The number of hydrogen-bond acceptors (Lipinski definition) is 4. The number of carbonyl (C=O) groups is 1. The minimum absolute atomic E-state index is 0.175. The van der Waals surface area contributed by atoms with E-state index in [-0.39, 0.29) is 12.2 Å². The first-order chi connectivity index (χ1) is 9.56. The van der Waals surface area contributed by atoms with E-state index in [1.165, 1.54) is 24.4 Å². The van der Waals surface area contributed by atoms with Gasteiger partial charge in [-0.15, -0.1) is 0 Å². The molecular formula is C14H11Cl2NO3. The Labute approximate surface area is 125 Å². The van der Waals surface area contributed by atoms with Crippen molar-refractivity contribution in [1.82, 2.24) is 4.98 Å². The van der Waals surface area contributed by atoms with Crippen LogP contribution < -0.4 is 4.74 Å². The lowest BCUT2D eigenvalue weighted by Crippen LogP contribution is -2.13. The normalized spacial score (nSPS) is 11.9. The number of pyridine rings is 1. The Morgan fingerprint density at radius 2 is 2.10 bits per heavy atom. The maximum absolute atomic E-state index is 11.7. The van der Waals surface area contributed by atoms with Crippen LogP contribution in [0.2, 0.25) is 10.0 Å². The third-order valence-electron chi connectivity index (χ3n) is 2.55. The van der Waals surface area contributed by atoms with Crippen LogP contribution in [-0.2, 0) is 4.79 Å². The zero-order valence-corrected chi connectivity index (χ0v) is 11.8. The van der Waals surface area contributed by atoms with Crippen molar-refractivity contribution in [3.63, 3.8) is 0 Å². The van der Waals surface area contributed by atoms with Crippen molar-refractivity contribution < 1.29 is 14.6 Å². The fourth-order valence-electron chi connectivity index (χ4n) is 1.56. The average Bonchev–Trinajstić information content (AvgIpc) is 2.44. The van der Waals surface area contributed by atoms with Gasteiger partial charge in [0.05, 0.1) is 22.6 Å². The van der Waals surface area contributed by atoms with Gasteiger partial charge in [-0.25, -0.2) is 0 Å². The molecule has 0 radical (unpaired) electrons. The lowest BCUT2D eigenvalue weighted by molar-refractivity contribution is -0.136. The smallest absolute Gasteiger partial charge is 0.314 e. The lowest BCUT2D eigenvalue weighted by Gasteiger charge is -2.10. The molecule has 1 unspecified atom stereocenters. The molecule has 0 fully saturated rings. The Morgan fingerprint density at radius 1 is 1.30 bits per heavy atom. The van der Waals surface area contributed by atoms with Crippen LogP contribution in [0.25, 0.3) is 0 Å². The quantitative estimate of drug-likeness (QED) is 0.694. The fourth-order valence-corrected chi connectivity index (χ4v) is 1.85. The molecule has 0 aliphatic rings. The maximum Gasteiger partial charge on any atom is 0.314 e. The number of halogens is 2. The van der Waals surface area contributed by atoms with Gasteiger partial charge in [-0.2, -0.15) is 0 Å². The third-order valence-corrected chi connectivity index (χ3v) is 3.29. The van der Waals surface area contributed by atoms with Gasteiger partial charge in [-0.3, -0.25) is 9.78 Å². The molecule has 4 nitrogen and oxygen atoms in total. The van der Waals surface area contributed by atoms with Gasteiger partial charge >= 0.3 is 5.97 Å². The van der Waals surface area contributed by atoms with Crippen molar-refractivity contribution in [2.24, 2.45) is 0 Å². The number of esters is 1. The molecule has 0 bridgehead atoms. The molecule has 0 aliphatic heterocycles. The molecule has 1 atom stereocenters. The van der Waals surface area contributed by atoms with Gasteiger partial charge in [0.25, 0.3) is 0 Å². The van der Waals surface area contributed by atoms with Crippen molar-refractivity contribution in [2.75, 3.05) is 0 Å². The van der Waals surface area contributed by atoms with Crippen LogP contribution in [0.4, 0.5) is 0 Å². The largest absolute Gasteiger partial charge is 0.426 e. The summed E-state index contributed by atoms with van der Waals surface area (Å²) in [5.74, 6) is -0.289. The van der Waals surface area contributed by atoms with Crippen LogP contribution in [0.15, 0.2) is 42.7 Å². The van der Waals surface area contributed by atoms with E-state index in [1.54, 1.807) is 18.3 Å². The van der Waals surface area contributed by atoms with Crippen molar-refractivity contribution in [3.8, 4) is 5.75 Å². The minimum atomic E-state index is -0.959. The summed E-state index contributed by atoms with van der Waals surface area (Å²) < 4.78 is 5.08. The van der Waals surface area contributed by atoms with E-state index < -0.39 is 12.1 Å². The Morgan fingerprint density at radius 3 is 2.75 bits per heavy atom. The summed E-state index contributed by atoms with van der Waals surface area (Å²) in [7, 11) is 0. The van der Waals surface area contributed by atoms with Gasteiger partial charge in [0.15, 0.2) is 0 Å². The van der Waals surface area contributed by atoms with Gasteiger partial charge in [0, 0.05) is 18.5 Å². The summed E-state index contributed by atoms with van der Waals surface area (Å²) >= 11 is 11.6. The van der Waals surface area contributed by atoms with E-state index in [4.69, 9.17) is 27.9 Å². The van der Waals surface area contributed by atoms with Gasteiger partial charge in [-0.1, -0.05) is 29.3 Å². The Kier molecular flexibility index (Phi) is 4.95. The van der Waals surface area contributed by atoms with Crippen molar-refractivity contribution >= 4 is 29.2 Å². The molecule has 0 aliphatic carbocycles. The molecule has 104 valence electrons. The molecule has 0 saturated carbocycles. The van der Waals surface area contributed by atoms with E-state index in [0.29, 0.717) is 15.6 Å². The molecular weight excluding hydrogens is 301 g/mol. The molecule has 0 spiro atoms. The first-order valence-electron chi connectivity index (χ1n) is 5.80. The average molecular weight is 312 g/mol. The number of aliphatic hydroxyl groups is 1. The van der Waals surface area contributed by atoms with Gasteiger partial charge < -0.3 is 9.84 Å². The number of nitrogens with zero attached hydrogens (tertiary/aromatic N) is 1. The Bertz CT molecular complexity index is 605. The van der Waals surface area contributed by atoms with Gasteiger partial charge in [0.2, 0.25) is 0 Å². The third kappa shape index (κ3) is 3.93. The number of ether oxygens (including phenoxy) is 1. The van der Waals surface area contributed by atoms with E-state index in [2.05, 4.69) is 4.98 Å². The van der Waals surface area contributed by atoms with E-state index in [0.717, 1.165) is 0 Å². The first kappa shape index (κ1) is 14.8. The minimum Gasteiger partial charge on any atom is -0.426 e. The predicted molar refractivity (Wildman–Crippen MR) is 75.9 cm³/mol. The summed E-state index contributed by atoms with van der Waals surface area (Å²) in [4.78, 5) is 15.6. The van der Waals surface area contributed by atoms with Crippen molar-refractivity contribution in [2.45, 2.75) is 12.5 Å². The summed E-state index contributed by atoms with van der Waals surface area (Å²) in [6, 6.07) is 7.87. The number of rotatable bonds is 4. The molecule has 20 heavy (non-hydrogen) atoms.